The third-order valence-corrected chi connectivity index (χ3v) is 8.75. The zero-order valence-electron chi connectivity index (χ0n) is 16.9. The van der Waals surface area contributed by atoms with Gasteiger partial charge < -0.3 is 9.88 Å². The fourth-order valence-electron chi connectivity index (χ4n) is 3.72. The first-order valence-electron chi connectivity index (χ1n) is 9.87. The number of aromatic nitrogens is 1. The number of sulfonamides is 1. The van der Waals surface area contributed by atoms with Gasteiger partial charge in [-0.1, -0.05) is 35.1 Å². The molecule has 0 aliphatic carbocycles. The smallest absolute Gasteiger partial charge is 0.307 e. The second-order valence-corrected chi connectivity index (χ2v) is 10.9. The van der Waals surface area contributed by atoms with Gasteiger partial charge in [0.05, 0.1) is 15.1 Å². The highest BCUT2D eigenvalue weighted by atomic mass is 35.5. The van der Waals surface area contributed by atoms with Gasteiger partial charge in [0.1, 0.15) is 0 Å². The van der Waals surface area contributed by atoms with Crippen molar-refractivity contribution in [2.24, 2.45) is 13.0 Å². The molecule has 1 fully saturated rings. The lowest BCUT2D eigenvalue weighted by Crippen LogP contribution is -2.42. The van der Waals surface area contributed by atoms with Crippen LogP contribution in [0.25, 0.3) is 10.2 Å². The summed E-state index contributed by atoms with van der Waals surface area (Å²) in [6, 6.07) is 12.0. The molecule has 0 saturated carbocycles. The first-order chi connectivity index (χ1) is 14.8. The number of halogens is 1. The van der Waals surface area contributed by atoms with E-state index >= 15 is 0 Å². The van der Waals surface area contributed by atoms with E-state index in [0.29, 0.717) is 34.6 Å². The van der Waals surface area contributed by atoms with Crippen LogP contribution in [-0.2, 0) is 28.4 Å². The topological polar surface area (TPSA) is 88.5 Å². The SMILES string of the molecule is Cn1c(=O)sc2cc(S(=O)(=O)N3CCC(C(=O)NCc4ccc(Cl)cc4)CC3)ccc21. The molecule has 3 aromatic rings. The standard InChI is InChI=1S/C21H22ClN3O4S2/c1-24-18-7-6-17(12-19(18)30-21(24)27)31(28,29)25-10-8-15(9-11-25)20(26)23-13-14-2-4-16(22)5-3-14/h2-7,12,15H,8-11,13H2,1H3,(H,23,26). The van der Waals surface area contributed by atoms with Crippen molar-refractivity contribution in [3.63, 3.8) is 0 Å². The van der Waals surface area contributed by atoms with E-state index in [2.05, 4.69) is 5.32 Å². The molecule has 0 unspecified atom stereocenters. The molecule has 1 saturated heterocycles. The molecule has 1 N–H and O–H groups in total. The molecule has 1 aliphatic rings. The number of fused-ring (bicyclic) bond motifs is 1. The Bertz CT molecular complexity index is 1270. The van der Waals surface area contributed by atoms with Crippen LogP contribution < -0.4 is 10.2 Å². The van der Waals surface area contributed by atoms with Gasteiger partial charge in [-0.2, -0.15) is 4.31 Å². The van der Waals surface area contributed by atoms with Gasteiger partial charge >= 0.3 is 4.87 Å². The number of rotatable bonds is 5. The zero-order valence-corrected chi connectivity index (χ0v) is 19.3. The maximum Gasteiger partial charge on any atom is 0.307 e. The van der Waals surface area contributed by atoms with Crippen molar-refractivity contribution in [2.75, 3.05) is 13.1 Å². The van der Waals surface area contributed by atoms with Gasteiger partial charge in [-0.3, -0.25) is 9.59 Å². The molecule has 0 radical (unpaired) electrons. The summed E-state index contributed by atoms with van der Waals surface area (Å²) in [6.07, 6.45) is 0.930. The number of carbonyl (C=O) groups is 1. The second-order valence-electron chi connectivity index (χ2n) is 7.58. The van der Waals surface area contributed by atoms with Crippen molar-refractivity contribution in [2.45, 2.75) is 24.3 Å². The van der Waals surface area contributed by atoms with Gasteiger partial charge in [-0.15, -0.1) is 0 Å². The fourth-order valence-corrected chi connectivity index (χ4v) is 6.33. The number of aryl methyl sites for hydroxylation is 1. The molecular weight excluding hydrogens is 458 g/mol. The zero-order chi connectivity index (χ0) is 22.2. The number of hydrogen-bond donors (Lipinski definition) is 1. The van der Waals surface area contributed by atoms with Crippen LogP contribution in [0.4, 0.5) is 0 Å². The highest BCUT2D eigenvalue weighted by Crippen LogP contribution is 2.27. The van der Waals surface area contributed by atoms with Gasteiger partial charge in [-0.25, -0.2) is 8.42 Å². The summed E-state index contributed by atoms with van der Waals surface area (Å²) in [6.45, 7) is 0.976. The second kappa shape index (κ2) is 8.74. The van der Waals surface area contributed by atoms with Crippen molar-refractivity contribution in [1.29, 1.82) is 0 Å². The van der Waals surface area contributed by atoms with E-state index < -0.39 is 10.0 Å². The summed E-state index contributed by atoms with van der Waals surface area (Å²) in [7, 11) is -2.02. The van der Waals surface area contributed by atoms with E-state index in [0.717, 1.165) is 16.9 Å². The average Bonchev–Trinajstić information content (AvgIpc) is 3.06. The Labute approximate surface area is 189 Å². The minimum absolute atomic E-state index is 0.0671. The van der Waals surface area contributed by atoms with Crippen molar-refractivity contribution in [1.82, 2.24) is 14.2 Å². The lowest BCUT2D eigenvalue weighted by atomic mass is 9.97. The third kappa shape index (κ3) is 4.55. The minimum Gasteiger partial charge on any atom is -0.352 e. The normalized spacial score (nSPS) is 15.9. The Morgan fingerprint density at radius 2 is 1.84 bits per heavy atom. The van der Waals surface area contributed by atoms with E-state index in [1.54, 1.807) is 31.3 Å². The molecule has 2 heterocycles. The molecular formula is C21H22ClN3O4S2. The summed E-state index contributed by atoms with van der Waals surface area (Å²) in [5.74, 6) is -0.289. The molecule has 0 atom stereocenters. The molecule has 4 rings (SSSR count). The number of nitrogens with zero attached hydrogens (tertiary/aromatic N) is 2. The summed E-state index contributed by atoms with van der Waals surface area (Å²) in [5, 5.41) is 3.56. The van der Waals surface area contributed by atoms with E-state index in [9.17, 15) is 18.0 Å². The molecule has 31 heavy (non-hydrogen) atoms. The van der Waals surface area contributed by atoms with E-state index in [1.807, 2.05) is 12.1 Å². The number of nitrogens with one attached hydrogen (secondary N) is 1. The van der Waals surface area contributed by atoms with E-state index in [-0.39, 0.29) is 34.7 Å². The van der Waals surface area contributed by atoms with Crippen molar-refractivity contribution in [3.05, 3.63) is 62.7 Å². The van der Waals surface area contributed by atoms with Gasteiger partial charge in [-0.05, 0) is 48.7 Å². The molecule has 1 aliphatic heterocycles. The summed E-state index contributed by atoms with van der Waals surface area (Å²) < 4.78 is 29.7. The summed E-state index contributed by atoms with van der Waals surface area (Å²) in [4.78, 5) is 24.4. The number of hydrogen-bond acceptors (Lipinski definition) is 5. The van der Waals surface area contributed by atoms with Crippen LogP contribution in [0.1, 0.15) is 18.4 Å². The number of amides is 1. The predicted molar refractivity (Wildman–Crippen MR) is 122 cm³/mol. The monoisotopic (exact) mass is 479 g/mol. The van der Waals surface area contributed by atoms with Crippen molar-refractivity contribution in [3.8, 4) is 0 Å². The van der Waals surface area contributed by atoms with E-state index in [1.165, 1.54) is 14.9 Å². The largest absolute Gasteiger partial charge is 0.352 e. The maximum absolute atomic E-state index is 13.1. The molecule has 0 spiro atoms. The lowest BCUT2D eigenvalue weighted by molar-refractivity contribution is -0.126. The van der Waals surface area contributed by atoms with Gasteiger partial charge in [0.15, 0.2) is 0 Å². The van der Waals surface area contributed by atoms with Crippen LogP contribution in [0, 0.1) is 5.92 Å². The van der Waals surface area contributed by atoms with Gasteiger partial charge in [0.2, 0.25) is 15.9 Å². The molecule has 10 heteroatoms. The molecule has 1 amide bonds. The van der Waals surface area contributed by atoms with Crippen LogP contribution in [-0.4, -0.2) is 36.3 Å². The summed E-state index contributed by atoms with van der Waals surface area (Å²) in [5.41, 5.74) is 1.67. The number of carbonyl (C=O) groups excluding carboxylic acids is 1. The molecule has 2 aromatic carbocycles. The van der Waals surface area contributed by atoms with Crippen LogP contribution >= 0.6 is 22.9 Å². The Kier molecular flexibility index (Phi) is 6.20. The fraction of sp³-hybridized carbons (Fsp3) is 0.333. The molecule has 0 bridgehead atoms. The Hall–Kier alpha value is -2.20. The van der Waals surface area contributed by atoms with Crippen LogP contribution in [0.2, 0.25) is 5.02 Å². The Morgan fingerprint density at radius 1 is 1.16 bits per heavy atom. The third-order valence-electron chi connectivity index (χ3n) is 5.61. The number of benzene rings is 2. The highest BCUT2D eigenvalue weighted by molar-refractivity contribution is 7.89. The molecule has 7 nitrogen and oxygen atoms in total. The van der Waals surface area contributed by atoms with Crippen LogP contribution in [0.3, 0.4) is 0 Å². The average molecular weight is 480 g/mol. The Morgan fingerprint density at radius 3 is 2.52 bits per heavy atom. The molecule has 1 aromatic heterocycles. The van der Waals surface area contributed by atoms with E-state index in [4.69, 9.17) is 11.6 Å². The van der Waals surface area contributed by atoms with Crippen molar-refractivity contribution < 1.29 is 13.2 Å². The predicted octanol–water partition coefficient (Wildman–Crippen LogP) is 2.97. The van der Waals surface area contributed by atoms with Crippen LogP contribution in [0.5, 0.6) is 0 Å². The molecule has 164 valence electrons. The van der Waals surface area contributed by atoms with Gasteiger partial charge in [0.25, 0.3) is 0 Å². The van der Waals surface area contributed by atoms with Crippen molar-refractivity contribution >= 4 is 49.1 Å². The van der Waals surface area contributed by atoms with Crippen LogP contribution in [0.15, 0.2) is 52.2 Å². The minimum atomic E-state index is -3.68. The first kappa shape index (κ1) is 22.0. The highest BCUT2D eigenvalue weighted by Gasteiger charge is 2.32. The number of thiazole rings is 1. The number of piperidine rings is 1. The maximum atomic E-state index is 13.1. The Balaban J connectivity index is 1.38. The van der Waals surface area contributed by atoms with Gasteiger partial charge in [0, 0.05) is 37.6 Å². The first-order valence-corrected chi connectivity index (χ1v) is 12.5. The quantitative estimate of drug-likeness (QED) is 0.609. The summed E-state index contributed by atoms with van der Waals surface area (Å²) >= 11 is 6.90. The lowest BCUT2D eigenvalue weighted by Gasteiger charge is -2.30.